The molecule has 0 aliphatic carbocycles. The van der Waals surface area contributed by atoms with Crippen molar-refractivity contribution in [3.63, 3.8) is 0 Å². The van der Waals surface area contributed by atoms with Crippen molar-refractivity contribution in [2.24, 2.45) is 0 Å². The maximum atomic E-state index is 12.6. The zero-order valence-corrected chi connectivity index (χ0v) is 16.3. The zero-order valence-electron chi connectivity index (χ0n) is 15.6. The van der Waals surface area contributed by atoms with Crippen molar-refractivity contribution < 1.29 is 9.53 Å². The molecule has 1 heterocycles. The first-order chi connectivity index (χ1) is 13.0. The van der Waals surface area contributed by atoms with Crippen LogP contribution in [0.15, 0.2) is 54.6 Å². The number of likely N-dealkylation sites (N-methyl/N-ethyl adjacent to an activating group) is 1. The smallest absolute Gasteiger partial charge is 0.251 e. The van der Waals surface area contributed by atoms with Crippen molar-refractivity contribution in [2.45, 2.75) is 6.04 Å². The van der Waals surface area contributed by atoms with Crippen LogP contribution in [-0.2, 0) is 0 Å². The molecule has 0 bridgehead atoms. The van der Waals surface area contributed by atoms with Gasteiger partial charge in [0.1, 0.15) is 10.9 Å². The number of hydrogen-bond donors (Lipinski definition) is 1. The summed E-state index contributed by atoms with van der Waals surface area (Å²) >= 11 is 5.91. The average Bonchev–Trinajstić information content (AvgIpc) is 2.67. The molecule has 0 spiro atoms. The molecule has 1 N–H and O–H groups in total. The Labute approximate surface area is 163 Å². The van der Waals surface area contributed by atoms with Gasteiger partial charge in [-0.25, -0.2) is 4.98 Å². The second-order valence-corrected chi connectivity index (χ2v) is 6.89. The van der Waals surface area contributed by atoms with E-state index < -0.39 is 0 Å². The molecule has 2 aromatic carbocycles. The third-order valence-corrected chi connectivity index (χ3v) is 4.69. The maximum Gasteiger partial charge on any atom is 0.251 e. The molecule has 0 radical (unpaired) electrons. The number of pyridine rings is 1. The van der Waals surface area contributed by atoms with Crippen molar-refractivity contribution >= 4 is 28.4 Å². The Morgan fingerprint density at radius 2 is 2.00 bits per heavy atom. The molecule has 0 aliphatic rings. The fraction of sp³-hybridized carbons (Fsp3) is 0.238. The van der Waals surface area contributed by atoms with E-state index in [1.54, 1.807) is 19.2 Å². The zero-order chi connectivity index (χ0) is 19.4. The molecule has 1 unspecified atom stereocenters. The molecule has 1 amide bonds. The highest BCUT2D eigenvalue weighted by Gasteiger charge is 2.17. The molecule has 0 saturated carbocycles. The van der Waals surface area contributed by atoms with Gasteiger partial charge in [0.2, 0.25) is 0 Å². The SMILES string of the molecule is COc1cccc(C(CNC(=O)c2ccc3nc(Cl)ccc3c2)N(C)C)c1. The number of hydrogen-bond acceptors (Lipinski definition) is 4. The fourth-order valence-electron chi connectivity index (χ4n) is 2.98. The number of nitrogens with one attached hydrogen (secondary N) is 1. The van der Waals surface area contributed by atoms with E-state index >= 15 is 0 Å². The Hall–Kier alpha value is -2.63. The summed E-state index contributed by atoms with van der Waals surface area (Å²) in [5, 5.41) is 4.34. The Morgan fingerprint density at radius 1 is 1.19 bits per heavy atom. The van der Waals surface area contributed by atoms with Crippen LogP contribution in [-0.4, -0.2) is 43.5 Å². The minimum atomic E-state index is -0.124. The minimum Gasteiger partial charge on any atom is -0.497 e. The normalized spacial score (nSPS) is 12.2. The van der Waals surface area contributed by atoms with Gasteiger partial charge in [0.05, 0.1) is 18.7 Å². The van der Waals surface area contributed by atoms with E-state index in [2.05, 4.69) is 15.2 Å². The molecule has 3 rings (SSSR count). The van der Waals surface area contributed by atoms with Crippen LogP contribution in [0.3, 0.4) is 0 Å². The van der Waals surface area contributed by atoms with E-state index in [9.17, 15) is 4.79 Å². The number of methoxy groups -OCH3 is 1. The molecule has 140 valence electrons. The van der Waals surface area contributed by atoms with Crippen LogP contribution in [0.25, 0.3) is 10.9 Å². The van der Waals surface area contributed by atoms with Gasteiger partial charge in [-0.05, 0) is 62.1 Å². The van der Waals surface area contributed by atoms with Crippen LogP contribution in [0.4, 0.5) is 0 Å². The van der Waals surface area contributed by atoms with E-state index in [1.807, 2.05) is 56.6 Å². The second kappa shape index (κ2) is 8.37. The highest BCUT2D eigenvalue weighted by atomic mass is 35.5. The number of ether oxygens (including phenoxy) is 1. The van der Waals surface area contributed by atoms with Gasteiger partial charge in [-0.15, -0.1) is 0 Å². The number of fused-ring (bicyclic) bond motifs is 1. The van der Waals surface area contributed by atoms with Gasteiger partial charge in [-0.1, -0.05) is 23.7 Å². The molecule has 1 atom stereocenters. The Kier molecular flexibility index (Phi) is 5.94. The highest BCUT2D eigenvalue weighted by Crippen LogP contribution is 2.22. The predicted molar refractivity (Wildman–Crippen MR) is 109 cm³/mol. The number of aromatic nitrogens is 1. The number of halogens is 1. The molecule has 5 nitrogen and oxygen atoms in total. The first-order valence-electron chi connectivity index (χ1n) is 8.63. The van der Waals surface area contributed by atoms with Crippen LogP contribution >= 0.6 is 11.6 Å². The highest BCUT2D eigenvalue weighted by molar-refractivity contribution is 6.29. The summed E-state index contributed by atoms with van der Waals surface area (Å²) in [6.07, 6.45) is 0. The average molecular weight is 384 g/mol. The van der Waals surface area contributed by atoms with E-state index in [1.165, 1.54) is 0 Å². The standard InChI is InChI=1S/C21H22ClN3O2/c1-25(2)19(15-5-4-6-17(12-15)27-3)13-23-21(26)16-7-9-18-14(11-16)8-10-20(22)24-18/h4-12,19H,13H2,1-3H3,(H,23,26). The van der Waals surface area contributed by atoms with Gasteiger partial charge < -0.3 is 15.0 Å². The van der Waals surface area contributed by atoms with Gasteiger partial charge >= 0.3 is 0 Å². The Balaban J connectivity index is 1.75. The van der Waals surface area contributed by atoms with Gasteiger partial charge in [0.15, 0.2) is 0 Å². The third kappa shape index (κ3) is 4.56. The number of amides is 1. The lowest BCUT2D eigenvalue weighted by Crippen LogP contribution is -2.34. The number of carbonyl (C=O) groups excluding carboxylic acids is 1. The summed E-state index contributed by atoms with van der Waals surface area (Å²) in [6.45, 7) is 0.482. The van der Waals surface area contributed by atoms with Crippen LogP contribution in [0.1, 0.15) is 22.0 Å². The predicted octanol–water partition coefficient (Wildman–Crippen LogP) is 3.93. The van der Waals surface area contributed by atoms with Crippen molar-refractivity contribution in [2.75, 3.05) is 27.7 Å². The molecular formula is C21H22ClN3O2. The third-order valence-electron chi connectivity index (χ3n) is 4.48. The topological polar surface area (TPSA) is 54.5 Å². The van der Waals surface area contributed by atoms with E-state index in [0.29, 0.717) is 17.3 Å². The van der Waals surface area contributed by atoms with Crippen molar-refractivity contribution in [1.82, 2.24) is 15.2 Å². The molecule has 0 saturated heterocycles. The van der Waals surface area contributed by atoms with Crippen molar-refractivity contribution in [1.29, 1.82) is 0 Å². The Bertz CT molecular complexity index is 959. The maximum absolute atomic E-state index is 12.6. The van der Waals surface area contributed by atoms with Crippen LogP contribution in [0.5, 0.6) is 5.75 Å². The molecule has 3 aromatic rings. The van der Waals surface area contributed by atoms with E-state index in [0.717, 1.165) is 22.2 Å². The molecule has 1 aromatic heterocycles. The minimum absolute atomic E-state index is 0.0324. The summed E-state index contributed by atoms with van der Waals surface area (Å²) in [7, 11) is 5.62. The van der Waals surface area contributed by atoms with Gasteiger partial charge in [-0.2, -0.15) is 0 Å². The van der Waals surface area contributed by atoms with Crippen molar-refractivity contribution in [3.05, 3.63) is 70.9 Å². The lowest BCUT2D eigenvalue weighted by molar-refractivity contribution is 0.0942. The molecule has 0 fully saturated rings. The van der Waals surface area contributed by atoms with Gasteiger partial charge in [0, 0.05) is 17.5 Å². The summed E-state index contributed by atoms with van der Waals surface area (Å²) < 4.78 is 5.31. The number of carbonyl (C=O) groups is 1. The number of nitrogens with zero attached hydrogens (tertiary/aromatic N) is 2. The van der Waals surface area contributed by atoms with E-state index in [-0.39, 0.29) is 11.9 Å². The van der Waals surface area contributed by atoms with Crippen molar-refractivity contribution in [3.8, 4) is 5.75 Å². The quantitative estimate of drug-likeness (QED) is 0.655. The first kappa shape index (κ1) is 19.1. The van der Waals surface area contributed by atoms with Crippen LogP contribution in [0, 0.1) is 0 Å². The fourth-order valence-corrected chi connectivity index (χ4v) is 3.13. The number of benzene rings is 2. The monoisotopic (exact) mass is 383 g/mol. The molecular weight excluding hydrogens is 362 g/mol. The summed E-state index contributed by atoms with van der Waals surface area (Å²) in [4.78, 5) is 19.0. The van der Waals surface area contributed by atoms with Gasteiger partial charge in [-0.3, -0.25) is 4.79 Å². The molecule has 6 heteroatoms. The van der Waals surface area contributed by atoms with Crippen LogP contribution in [0.2, 0.25) is 5.15 Å². The molecule has 0 aliphatic heterocycles. The molecule has 27 heavy (non-hydrogen) atoms. The largest absolute Gasteiger partial charge is 0.497 e. The number of rotatable bonds is 6. The van der Waals surface area contributed by atoms with E-state index in [4.69, 9.17) is 16.3 Å². The lowest BCUT2D eigenvalue weighted by Gasteiger charge is -2.25. The van der Waals surface area contributed by atoms with Gasteiger partial charge in [0.25, 0.3) is 5.91 Å². The van der Waals surface area contributed by atoms with Crippen LogP contribution < -0.4 is 10.1 Å². The Morgan fingerprint density at radius 3 is 2.74 bits per heavy atom. The summed E-state index contributed by atoms with van der Waals surface area (Å²) in [6, 6.07) is 16.9. The first-order valence-corrected chi connectivity index (χ1v) is 9.00. The summed E-state index contributed by atoms with van der Waals surface area (Å²) in [5.41, 5.74) is 2.44. The second-order valence-electron chi connectivity index (χ2n) is 6.51. The lowest BCUT2D eigenvalue weighted by atomic mass is 10.1. The summed E-state index contributed by atoms with van der Waals surface area (Å²) in [5.74, 6) is 0.674.